The SMILES string of the molecule is FC(F)(F)c1cc([B-](c2cc(C(F)(F)F)cc(C(F)(F)F)c2)(c2cc(C(F)(F)F)cc(C(F)(F)F)c2)c2cc(C(F)(F)F)cc(C(F)(F)F)c2)cc(C(F)(F)F)c1.O=C(C[n+]1ccccc1C(=O)c1ccc2ccccc2c1)c1ccccc1. The molecule has 0 atom stereocenters. The molecule has 0 spiro atoms. The van der Waals surface area contributed by atoms with Crippen LogP contribution in [-0.2, 0) is 56.0 Å². The van der Waals surface area contributed by atoms with E-state index in [1.54, 1.807) is 29.0 Å². The van der Waals surface area contributed by atoms with Crippen molar-refractivity contribution in [2.75, 3.05) is 0 Å². The molecule has 84 heavy (non-hydrogen) atoms. The van der Waals surface area contributed by atoms with E-state index in [4.69, 9.17) is 0 Å². The number of alkyl halides is 24. The Kier molecular flexibility index (Phi) is 16.8. The number of Topliss-reactive ketones (excluding diaryl/α,β-unsaturated/α-hetero) is 1. The summed E-state index contributed by atoms with van der Waals surface area (Å²) in [6.07, 6.45) is -53.0. The van der Waals surface area contributed by atoms with Crippen LogP contribution >= 0.6 is 0 Å². The zero-order valence-electron chi connectivity index (χ0n) is 41.3. The Morgan fingerprint density at radius 1 is 0.310 bits per heavy atom. The third-order valence-electron chi connectivity index (χ3n) is 13.0. The van der Waals surface area contributed by atoms with Crippen molar-refractivity contribution in [3.63, 3.8) is 0 Å². The minimum Gasteiger partial charge on any atom is -0.287 e. The fourth-order valence-electron chi connectivity index (χ4n) is 9.24. The van der Waals surface area contributed by atoms with E-state index in [2.05, 4.69) is 0 Å². The predicted molar refractivity (Wildman–Crippen MR) is 255 cm³/mol. The van der Waals surface area contributed by atoms with E-state index in [-0.39, 0.29) is 18.1 Å². The molecule has 0 aliphatic rings. The van der Waals surface area contributed by atoms with E-state index in [9.17, 15) is 115 Å². The number of pyridine rings is 1. The minimum absolute atomic E-state index is 0.0284. The van der Waals surface area contributed by atoms with Crippen LogP contribution in [-0.4, -0.2) is 17.7 Å². The molecule has 0 fully saturated rings. The maximum atomic E-state index is 14.2. The first-order chi connectivity index (χ1) is 38.5. The lowest BCUT2D eigenvalue weighted by molar-refractivity contribution is -0.684. The fourth-order valence-corrected chi connectivity index (χ4v) is 9.24. The van der Waals surface area contributed by atoms with Gasteiger partial charge in [0.15, 0.2) is 6.20 Å². The summed E-state index contributed by atoms with van der Waals surface area (Å²) >= 11 is 0. The largest absolute Gasteiger partial charge is 0.416 e. The van der Waals surface area contributed by atoms with Crippen molar-refractivity contribution in [3.05, 3.63) is 231 Å². The molecule has 1 heterocycles. The van der Waals surface area contributed by atoms with Gasteiger partial charge in [-0.05, 0) is 47.2 Å². The van der Waals surface area contributed by atoms with E-state index >= 15 is 0 Å². The summed E-state index contributed by atoms with van der Waals surface area (Å²) in [6, 6.07) is 19.3. The van der Waals surface area contributed by atoms with Crippen LogP contribution in [0.5, 0.6) is 0 Å². The fraction of sp³-hybridized carbons (Fsp3) is 0.161. The number of ketones is 2. The Hall–Kier alpha value is -8.33. The van der Waals surface area contributed by atoms with Crippen LogP contribution in [0.4, 0.5) is 105 Å². The quantitative estimate of drug-likeness (QED) is 0.0625. The number of hydrogen-bond donors (Lipinski definition) is 0. The van der Waals surface area contributed by atoms with E-state index in [1.165, 1.54) is 0 Å². The van der Waals surface area contributed by atoms with Gasteiger partial charge < -0.3 is 0 Å². The number of nitrogens with zero attached hydrogens (tertiary/aromatic N) is 1. The highest BCUT2D eigenvalue weighted by molar-refractivity contribution is 7.20. The van der Waals surface area contributed by atoms with Gasteiger partial charge in [-0.1, -0.05) is 115 Å². The molecule has 0 unspecified atom stereocenters. The predicted octanol–water partition coefficient (Wildman–Crippen LogP) is 15.5. The van der Waals surface area contributed by atoms with Crippen molar-refractivity contribution in [3.8, 4) is 0 Å². The molecule has 0 bridgehead atoms. The lowest BCUT2D eigenvalue weighted by Gasteiger charge is -2.46. The Balaban J connectivity index is 0.000000309. The summed E-state index contributed by atoms with van der Waals surface area (Å²) in [6.45, 7) is 0.125. The monoisotopic (exact) mass is 1220 g/mol. The summed E-state index contributed by atoms with van der Waals surface area (Å²) in [4.78, 5) is 25.7. The maximum absolute atomic E-state index is 14.2. The third kappa shape index (κ3) is 14.0. The van der Waals surface area contributed by atoms with Gasteiger partial charge in [-0.25, -0.2) is 0 Å². The lowest BCUT2D eigenvalue weighted by atomic mass is 9.12. The molecule has 8 rings (SSSR count). The number of hydrogen-bond acceptors (Lipinski definition) is 2. The number of aromatic nitrogens is 1. The highest BCUT2D eigenvalue weighted by atomic mass is 19.4. The number of rotatable bonds is 9. The normalized spacial score (nSPS) is 13.1. The van der Waals surface area contributed by atoms with E-state index < -0.39 is 195 Å². The average Bonchev–Trinajstić information content (AvgIpc) is 0.849. The standard InChI is InChI=1S/C32H12BF24.C24H18NO2/c34-25(35,36)13-1-14(26(37,38)39)6-21(5-13)33(22-7-15(27(40,41)42)2-16(8-22)28(43,44)45,23-9-17(29(46,47)48)3-18(10-23)30(49,50)51)24-11-19(31(52,53)54)4-20(12-24)32(55,56)57;26-23(19-9-2-1-3-10-19)17-25-15-7-6-12-22(25)24(27)21-14-13-18-8-4-5-11-20(18)16-21/h1-12H;1-16H,17H2/q-1;+1. The minimum atomic E-state index is -6.13. The molecule has 1 aromatic heterocycles. The molecule has 442 valence electrons. The molecule has 7 aromatic carbocycles. The molecular weight excluding hydrogens is 1190 g/mol. The van der Waals surface area contributed by atoms with Gasteiger partial charge in [0.05, 0.1) is 44.5 Å². The number of carbonyl (C=O) groups is 2. The summed E-state index contributed by atoms with van der Waals surface area (Å²) in [5.41, 5.74) is -28.5. The zero-order valence-corrected chi connectivity index (χ0v) is 41.3. The molecule has 0 N–H and O–H groups in total. The van der Waals surface area contributed by atoms with Crippen molar-refractivity contribution >= 4 is 50.3 Å². The topological polar surface area (TPSA) is 38.0 Å². The molecular formula is C56H30BF24NO2. The van der Waals surface area contributed by atoms with E-state index in [0.717, 1.165) is 10.8 Å². The second-order valence-corrected chi connectivity index (χ2v) is 18.6. The van der Waals surface area contributed by atoms with Crippen LogP contribution in [0.25, 0.3) is 10.8 Å². The van der Waals surface area contributed by atoms with Crippen LogP contribution in [0.3, 0.4) is 0 Å². The molecule has 0 saturated carbocycles. The van der Waals surface area contributed by atoms with Gasteiger partial charge >= 0.3 is 49.4 Å². The van der Waals surface area contributed by atoms with E-state index in [1.807, 2.05) is 72.8 Å². The Bertz CT molecular complexity index is 3320. The molecule has 0 aliphatic heterocycles. The van der Waals surface area contributed by atoms with Crippen molar-refractivity contribution in [1.29, 1.82) is 0 Å². The third-order valence-corrected chi connectivity index (χ3v) is 13.0. The van der Waals surface area contributed by atoms with Crippen molar-refractivity contribution in [2.24, 2.45) is 0 Å². The lowest BCUT2D eigenvalue weighted by Crippen LogP contribution is -2.75. The van der Waals surface area contributed by atoms with Crippen LogP contribution < -0.4 is 26.4 Å². The van der Waals surface area contributed by atoms with Crippen molar-refractivity contribution in [2.45, 2.75) is 56.0 Å². The molecule has 0 saturated heterocycles. The summed E-state index contributed by atoms with van der Waals surface area (Å²) in [7, 11) is 0. The van der Waals surface area contributed by atoms with Gasteiger partial charge in [0, 0.05) is 23.3 Å². The summed E-state index contributed by atoms with van der Waals surface area (Å²) in [5, 5.41) is 2.11. The second kappa shape index (κ2) is 22.3. The van der Waals surface area contributed by atoms with Gasteiger partial charge in [0.1, 0.15) is 6.15 Å². The second-order valence-electron chi connectivity index (χ2n) is 18.6. The number of halogens is 24. The summed E-state index contributed by atoms with van der Waals surface area (Å²) in [5.74, 6) is -0.124. The van der Waals surface area contributed by atoms with Crippen LogP contribution in [0.15, 0.2) is 170 Å². The molecule has 28 heteroatoms. The van der Waals surface area contributed by atoms with Gasteiger partial charge in [0.2, 0.25) is 12.3 Å². The van der Waals surface area contributed by atoms with Crippen molar-refractivity contribution < 1.29 is 120 Å². The van der Waals surface area contributed by atoms with Gasteiger partial charge in [-0.2, -0.15) is 132 Å². The van der Waals surface area contributed by atoms with Crippen LogP contribution in [0.2, 0.25) is 0 Å². The maximum Gasteiger partial charge on any atom is 0.416 e. The van der Waals surface area contributed by atoms with Crippen LogP contribution in [0.1, 0.15) is 70.9 Å². The van der Waals surface area contributed by atoms with Gasteiger partial charge in [0.25, 0.3) is 11.5 Å². The first-order valence-electron chi connectivity index (χ1n) is 23.4. The van der Waals surface area contributed by atoms with Gasteiger partial charge in [-0.3, -0.25) is 9.59 Å². The first-order valence-corrected chi connectivity index (χ1v) is 23.4. The van der Waals surface area contributed by atoms with E-state index in [0.29, 0.717) is 16.8 Å². The molecule has 0 amide bonds. The smallest absolute Gasteiger partial charge is 0.287 e. The highest BCUT2D eigenvalue weighted by Gasteiger charge is 2.47. The first kappa shape index (κ1) is 63.3. The Morgan fingerprint density at radius 3 is 0.929 bits per heavy atom. The molecule has 3 nitrogen and oxygen atoms in total. The summed E-state index contributed by atoms with van der Waals surface area (Å²) < 4.78 is 343. The average molecular weight is 1220 g/mol. The van der Waals surface area contributed by atoms with Crippen molar-refractivity contribution in [1.82, 2.24) is 0 Å². The molecule has 8 aromatic rings. The number of carbonyl (C=O) groups excluding carboxylic acids is 2. The zero-order chi connectivity index (χ0) is 62.6. The van der Waals surface area contributed by atoms with Gasteiger partial charge in [-0.15, -0.1) is 0 Å². The Labute approximate surface area is 456 Å². The number of fused-ring (bicyclic) bond motifs is 1. The number of benzene rings is 7. The van der Waals surface area contributed by atoms with Crippen LogP contribution in [0, 0.1) is 0 Å². The molecule has 0 radical (unpaired) electrons. The molecule has 0 aliphatic carbocycles. The highest BCUT2D eigenvalue weighted by Crippen LogP contribution is 2.41. The Morgan fingerprint density at radius 2 is 0.607 bits per heavy atom.